The molecule has 0 aliphatic heterocycles. The highest BCUT2D eigenvalue weighted by atomic mass is 19.1. The number of benzene rings is 1. The monoisotopic (exact) mass is 280 g/mol. The van der Waals surface area contributed by atoms with E-state index in [2.05, 4.69) is 44.8 Å². The summed E-state index contributed by atoms with van der Waals surface area (Å²) < 4.78 is 13.5. The number of aryl methyl sites for hydroxylation is 1. The fraction of sp³-hybridized carbons (Fsp3) is 0.647. The van der Waals surface area contributed by atoms with Crippen LogP contribution in [0.1, 0.15) is 51.8 Å². The van der Waals surface area contributed by atoms with Gasteiger partial charge in [-0.1, -0.05) is 32.9 Å². The third-order valence-corrected chi connectivity index (χ3v) is 4.21. The molecule has 114 valence electrons. The quantitative estimate of drug-likeness (QED) is 0.815. The molecule has 0 saturated heterocycles. The van der Waals surface area contributed by atoms with E-state index < -0.39 is 0 Å². The van der Waals surface area contributed by atoms with E-state index in [-0.39, 0.29) is 17.4 Å². The summed E-state index contributed by atoms with van der Waals surface area (Å²) in [5, 5.41) is 3.57. The van der Waals surface area contributed by atoms with Gasteiger partial charge in [0.25, 0.3) is 0 Å². The third kappa shape index (κ3) is 3.58. The molecule has 0 amide bonds. The van der Waals surface area contributed by atoms with Crippen molar-refractivity contribution >= 4 is 0 Å². The Labute approximate surface area is 123 Å². The van der Waals surface area contributed by atoms with Crippen molar-refractivity contribution in [3.63, 3.8) is 0 Å². The molecule has 0 aliphatic rings. The number of nitrogens with zero attached hydrogens (tertiary/aromatic N) is 1. The summed E-state index contributed by atoms with van der Waals surface area (Å²) in [5.41, 5.74) is 1.84. The Bertz CT molecular complexity index is 425. The first-order valence-electron chi connectivity index (χ1n) is 7.62. The zero-order chi connectivity index (χ0) is 15.3. The van der Waals surface area contributed by atoms with Crippen molar-refractivity contribution in [2.24, 2.45) is 0 Å². The molecule has 1 N–H and O–H groups in total. The Hall–Kier alpha value is -0.930. The van der Waals surface area contributed by atoms with Gasteiger partial charge in [0.1, 0.15) is 5.82 Å². The van der Waals surface area contributed by atoms with E-state index >= 15 is 0 Å². The number of hydrogen-bond donors (Lipinski definition) is 1. The van der Waals surface area contributed by atoms with Gasteiger partial charge in [0.15, 0.2) is 0 Å². The lowest BCUT2D eigenvalue weighted by Crippen LogP contribution is -2.52. The van der Waals surface area contributed by atoms with Crippen LogP contribution >= 0.6 is 0 Å². The Morgan fingerprint density at radius 2 is 1.80 bits per heavy atom. The molecule has 3 heteroatoms. The normalized spacial score (nSPS) is 13.8. The molecule has 0 saturated carbocycles. The Morgan fingerprint density at radius 3 is 2.25 bits per heavy atom. The van der Waals surface area contributed by atoms with E-state index in [1.165, 1.54) is 0 Å². The lowest BCUT2D eigenvalue weighted by molar-refractivity contribution is 0.0918. The predicted octanol–water partition coefficient (Wildman–Crippen LogP) is 3.91. The number of nitrogens with one attached hydrogen (secondary N) is 1. The average molecular weight is 280 g/mol. The van der Waals surface area contributed by atoms with Crippen LogP contribution in [0.5, 0.6) is 0 Å². The van der Waals surface area contributed by atoms with Crippen molar-refractivity contribution in [2.45, 2.75) is 53.1 Å². The largest absolute Gasteiger partial charge is 0.309 e. The van der Waals surface area contributed by atoms with Crippen molar-refractivity contribution < 1.29 is 4.39 Å². The van der Waals surface area contributed by atoms with Gasteiger partial charge in [0.05, 0.1) is 6.04 Å². The molecule has 0 radical (unpaired) electrons. The van der Waals surface area contributed by atoms with Gasteiger partial charge >= 0.3 is 0 Å². The van der Waals surface area contributed by atoms with E-state index in [9.17, 15) is 4.39 Å². The van der Waals surface area contributed by atoms with Gasteiger partial charge < -0.3 is 5.32 Å². The topological polar surface area (TPSA) is 15.3 Å². The summed E-state index contributed by atoms with van der Waals surface area (Å²) in [5.74, 6) is -0.135. The van der Waals surface area contributed by atoms with Crippen molar-refractivity contribution in [1.82, 2.24) is 10.2 Å². The second-order valence-electron chi connectivity index (χ2n) is 5.83. The SMILES string of the molecule is CCNC(c1ccc(F)c(C)c1)C(C)(C)N(CC)CC. The summed E-state index contributed by atoms with van der Waals surface area (Å²) in [6.07, 6.45) is 0. The van der Waals surface area contributed by atoms with E-state index in [0.717, 1.165) is 25.2 Å². The number of halogens is 1. The van der Waals surface area contributed by atoms with Crippen molar-refractivity contribution in [2.75, 3.05) is 19.6 Å². The van der Waals surface area contributed by atoms with Gasteiger partial charge in [0.2, 0.25) is 0 Å². The van der Waals surface area contributed by atoms with E-state index in [1.54, 1.807) is 6.07 Å². The molecule has 0 aromatic heterocycles. The average Bonchev–Trinajstić information content (AvgIpc) is 2.40. The number of likely N-dealkylation sites (N-methyl/N-ethyl adjacent to an activating group) is 2. The highest BCUT2D eigenvalue weighted by molar-refractivity contribution is 5.29. The van der Waals surface area contributed by atoms with E-state index in [1.807, 2.05) is 19.1 Å². The fourth-order valence-corrected chi connectivity index (χ4v) is 3.05. The maximum atomic E-state index is 13.5. The molecule has 2 nitrogen and oxygen atoms in total. The predicted molar refractivity (Wildman–Crippen MR) is 84.6 cm³/mol. The molecule has 1 atom stereocenters. The van der Waals surface area contributed by atoms with E-state index in [0.29, 0.717) is 5.56 Å². The van der Waals surface area contributed by atoms with Gasteiger partial charge in [-0.2, -0.15) is 0 Å². The van der Waals surface area contributed by atoms with E-state index in [4.69, 9.17) is 0 Å². The number of rotatable bonds is 7. The zero-order valence-electron chi connectivity index (χ0n) is 13.8. The van der Waals surface area contributed by atoms with Gasteiger partial charge in [0, 0.05) is 5.54 Å². The second-order valence-corrected chi connectivity index (χ2v) is 5.83. The first-order chi connectivity index (χ1) is 9.38. The van der Waals surface area contributed by atoms with Crippen LogP contribution in [0.3, 0.4) is 0 Å². The first kappa shape index (κ1) is 17.1. The van der Waals surface area contributed by atoms with Gasteiger partial charge in [-0.05, 0) is 57.6 Å². The summed E-state index contributed by atoms with van der Waals surface area (Å²) >= 11 is 0. The minimum absolute atomic E-state index is 0.0240. The second kappa shape index (κ2) is 7.19. The van der Waals surface area contributed by atoms with Gasteiger partial charge in [-0.25, -0.2) is 4.39 Å². The van der Waals surface area contributed by atoms with Crippen LogP contribution in [0.4, 0.5) is 4.39 Å². The molecule has 1 aromatic carbocycles. The van der Waals surface area contributed by atoms with Crippen LogP contribution in [-0.2, 0) is 0 Å². The molecule has 0 fully saturated rings. The molecule has 20 heavy (non-hydrogen) atoms. The molecule has 1 unspecified atom stereocenters. The fourth-order valence-electron chi connectivity index (χ4n) is 3.05. The Morgan fingerprint density at radius 1 is 1.20 bits per heavy atom. The van der Waals surface area contributed by atoms with Crippen LogP contribution < -0.4 is 5.32 Å². The Balaban J connectivity index is 3.18. The third-order valence-electron chi connectivity index (χ3n) is 4.21. The summed E-state index contributed by atoms with van der Waals surface area (Å²) in [4.78, 5) is 2.44. The molecular weight excluding hydrogens is 251 g/mol. The van der Waals surface area contributed by atoms with Crippen LogP contribution in [0.2, 0.25) is 0 Å². The van der Waals surface area contributed by atoms with Crippen LogP contribution in [0, 0.1) is 12.7 Å². The smallest absolute Gasteiger partial charge is 0.126 e. The summed E-state index contributed by atoms with van der Waals surface area (Å²) in [6, 6.07) is 5.63. The van der Waals surface area contributed by atoms with Crippen LogP contribution in [-0.4, -0.2) is 30.1 Å². The standard InChI is InChI=1S/C17H29FN2/c1-7-19-16(17(5,6)20(8-2)9-3)14-10-11-15(18)13(4)12-14/h10-12,16,19H,7-9H2,1-6H3. The minimum atomic E-state index is -0.135. The molecule has 1 rings (SSSR count). The lowest BCUT2D eigenvalue weighted by atomic mass is 9.86. The minimum Gasteiger partial charge on any atom is -0.309 e. The highest BCUT2D eigenvalue weighted by Gasteiger charge is 2.34. The van der Waals surface area contributed by atoms with Crippen LogP contribution in [0.15, 0.2) is 18.2 Å². The maximum absolute atomic E-state index is 13.5. The highest BCUT2D eigenvalue weighted by Crippen LogP contribution is 2.31. The van der Waals surface area contributed by atoms with Crippen molar-refractivity contribution in [1.29, 1.82) is 0 Å². The molecular formula is C17H29FN2. The lowest BCUT2D eigenvalue weighted by Gasteiger charge is -2.44. The van der Waals surface area contributed by atoms with Crippen molar-refractivity contribution in [3.05, 3.63) is 35.1 Å². The molecule has 0 bridgehead atoms. The zero-order valence-corrected chi connectivity index (χ0v) is 13.8. The summed E-state index contributed by atoms with van der Waals surface area (Å²) in [6.45, 7) is 15.7. The van der Waals surface area contributed by atoms with Crippen LogP contribution in [0.25, 0.3) is 0 Å². The van der Waals surface area contributed by atoms with Crippen molar-refractivity contribution in [3.8, 4) is 0 Å². The van der Waals surface area contributed by atoms with Gasteiger partial charge in [-0.3, -0.25) is 4.90 Å². The first-order valence-corrected chi connectivity index (χ1v) is 7.62. The van der Waals surface area contributed by atoms with Gasteiger partial charge in [-0.15, -0.1) is 0 Å². The molecule has 0 heterocycles. The number of hydrogen-bond acceptors (Lipinski definition) is 2. The molecule has 0 aliphatic carbocycles. The summed E-state index contributed by atoms with van der Waals surface area (Å²) in [7, 11) is 0. The maximum Gasteiger partial charge on any atom is 0.126 e. The molecule has 1 aromatic rings. The Kier molecular flexibility index (Phi) is 6.15. The molecule has 0 spiro atoms.